The Morgan fingerprint density at radius 3 is 2.36 bits per heavy atom. The Morgan fingerprint density at radius 1 is 1.36 bits per heavy atom. The second kappa shape index (κ2) is 7.92. The molecular weight excluding hydrogens is 304 g/mol. The molecule has 6 nitrogen and oxygen atoms in total. The third-order valence-corrected chi connectivity index (χ3v) is 4.87. The standard InChI is InChI=1S/C15H26N4O2.ClH/c1-4-15(5-2,10-16)14(20)19-8-6-12(7-9-19)13-17-11(3)18-21-13;/h12H,4-10,16H2,1-3H3;1H. The van der Waals surface area contributed by atoms with Gasteiger partial charge >= 0.3 is 0 Å². The van der Waals surface area contributed by atoms with E-state index >= 15 is 0 Å². The van der Waals surface area contributed by atoms with Crippen LogP contribution < -0.4 is 5.73 Å². The third kappa shape index (κ3) is 3.60. The van der Waals surface area contributed by atoms with E-state index in [1.165, 1.54) is 0 Å². The molecular formula is C15H27ClN4O2. The maximum atomic E-state index is 12.8. The van der Waals surface area contributed by atoms with Gasteiger partial charge in [0.25, 0.3) is 0 Å². The number of nitrogens with zero attached hydrogens (tertiary/aromatic N) is 3. The molecule has 1 aromatic rings. The van der Waals surface area contributed by atoms with Crippen molar-refractivity contribution in [1.29, 1.82) is 0 Å². The van der Waals surface area contributed by atoms with Crippen molar-refractivity contribution in [2.45, 2.75) is 52.4 Å². The zero-order chi connectivity index (χ0) is 15.5. The molecule has 0 saturated carbocycles. The van der Waals surface area contributed by atoms with Gasteiger partial charge in [-0.3, -0.25) is 4.79 Å². The predicted molar refractivity (Wildman–Crippen MR) is 86.9 cm³/mol. The number of likely N-dealkylation sites (tertiary alicyclic amines) is 1. The third-order valence-electron chi connectivity index (χ3n) is 4.87. The van der Waals surface area contributed by atoms with E-state index in [1.807, 2.05) is 25.7 Å². The van der Waals surface area contributed by atoms with Crippen molar-refractivity contribution in [2.24, 2.45) is 11.1 Å². The fourth-order valence-electron chi connectivity index (χ4n) is 3.07. The van der Waals surface area contributed by atoms with Gasteiger partial charge in [-0.05, 0) is 32.6 Å². The molecule has 0 radical (unpaired) electrons. The molecule has 1 fully saturated rings. The highest BCUT2D eigenvalue weighted by molar-refractivity contribution is 5.85. The van der Waals surface area contributed by atoms with Crippen LogP contribution in [0.5, 0.6) is 0 Å². The van der Waals surface area contributed by atoms with Crippen LogP contribution in [-0.4, -0.2) is 40.6 Å². The number of nitrogens with two attached hydrogens (primary N) is 1. The Kier molecular flexibility index (Phi) is 6.81. The molecule has 1 aromatic heterocycles. The van der Waals surface area contributed by atoms with E-state index in [9.17, 15) is 4.79 Å². The predicted octanol–water partition coefficient (Wildman–Crippen LogP) is 2.27. The molecule has 0 spiro atoms. The first-order valence-electron chi connectivity index (χ1n) is 7.86. The highest BCUT2D eigenvalue weighted by atomic mass is 35.5. The minimum atomic E-state index is -0.395. The largest absolute Gasteiger partial charge is 0.342 e. The van der Waals surface area contributed by atoms with Gasteiger partial charge < -0.3 is 15.2 Å². The van der Waals surface area contributed by atoms with Gasteiger partial charge in [-0.25, -0.2) is 0 Å². The van der Waals surface area contributed by atoms with Crippen molar-refractivity contribution in [1.82, 2.24) is 15.0 Å². The van der Waals surface area contributed by atoms with Crippen molar-refractivity contribution in [3.8, 4) is 0 Å². The molecule has 2 N–H and O–H groups in total. The Labute approximate surface area is 138 Å². The fourth-order valence-corrected chi connectivity index (χ4v) is 3.07. The second-order valence-corrected chi connectivity index (χ2v) is 5.94. The number of carbonyl (C=O) groups excluding carboxylic acids is 1. The number of hydrogen-bond donors (Lipinski definition) is 1. The average Bonchev–Trinajstić information content (AvgIpc) is 2.96. The highest BCUT2D eigenvalue weighted by Crippen LogP contribution is 2.32. The van der Waals surface area contributed by atoms with Crippen LogP contribution in [0, 0.1) is 12.3 Å². The molecule has 1 aliphatic rings. The smallest absolute Gasteiger partial charge is 0.230 e. The van der Waals surface area contributed by atoms with Crippen molar-refractivity contribution in [3.05, 3.63) is 11.7 Å². The number of halogens is 1. The lowest BCUT2D eigenvalue weighted by Crippen LogP contribution is -2.49. The number of aromatic nitrogens is 2. The van der Waals surface area contributed by atoms with Crippen LogP contribution in [0.3, 0.4) is 0 Å². The van der Waals surface area contributed by atoms with Gasteiger partial charge in [0.15, 0.2) is 5.82 Å². The van der Waals surface area contributed by atoms with Gasteiger partial charge in [-0.1, -0.05) is 19.0 Å². The molecule has 0 unspecified atom stereocenters. The maximum absolute atomic E-state index is 12.8. The van der Waals surface area contributed by atoms with E-state index < -0.39 is 5.41 Å². The van der Waals surface area contributed by atoms with E-state index in [1.54, 1.807) is 0 Å². The molecule has 0 atom stereocenters. The van der Waals surface area contributed by atoms with E-state index in [-0.39, 0.29) is 24.2 Å². The molecule has 0 aromatic carbocycles. The summed E-state index contributed by atoms with van der Waals surface area (Å²) < 4.78 is 5.25. The minimum absolute atomic E-state index is 0. The number of aryl methyl sites for hydroxylation is 1. The lowest BCUT2D eigenvalue weighted by atomic mass is 9.80. The molecule has 7 heteroatoms. The van der Waals surface area contributed by atoms with Crippen LogP contribution in [0.15, 0.2) is 4.52 Å². The van der Waals surface area contributed by atoms with E-state index in [0.717, 1.165) is 38.8 Å². The second-order valence-electron chi connectivity index (χ2n) is 5.94. The first kappa shape index (κ1) is 18.9. The maximum Gasteiger partial charge on any atom is 0.230 e. The molecule has 0 aliphatic carbocycles. The average molecular weight is 331 g/mol. The van der Waals surface area contributed by atoms with Crippen molar-refractivity contribution in [2.75, 3.05) is 19.6 Å². The van der Waals surface area contributed by atoms with Gasteiger partial charge in [0.05, 0.1) is 5.41 Å². The van der Waals surface area contributed by atoms with Crippen LogP contribution in [0.4, 0.5) is 0 Å². The summed E-state index contributed by atoms with van der Waals surface area (Å²) in [6.45, 7) is 7.81. The van der Waals surface area contributed by atoms with Crippen LogP contribution >= 0.6 is 12.4 Å². The summed E-state index contributed by atoms with van der Waals surface area (Å²) in [5.74, 6) is 1.85. The number of hydrogen-bond acceptors (Lipinski definition) is 5. The van der Waals surface area contributed by atoms with Crippen molar-refractivity contribution in [3.63, 3.8) is 0 Å². The topological polar surface area (TPSA) is 85.3 Å². The molecule has 0 bridgehead atoms. The zero-order valence-electron chi connectivity index (χ0n) is 13.7. The Hall–Kier alpha value is -1.14. The SMILES string of the molecule is CCC(CC)(CN)C(=O)N1CCC(c2nc(C)no2)CC1.Cl. The normalized spacial score (nSPS) is 16.5. The van der Waals surface area contributed by atoms with Gasteiger partial charge in [0.1, 0.15) is 0 Å². The summed E-state index contributed by atoms with van der Waals surface area (Å²) in [6, 6.07) is 0. The molecule has 1 aliphatic heterocycles. The number of piperidine rings is 1. The summed E-state index contributed by atoms with van der Waals surface area (Å²) in [4.78, 5) is 19.0. The number of rotatable bonds is 5. The summed E-state index contributed by atoms with van der Waals surface area (Å²) in [5, 5.41) is 3.84. The van der Waals surface area contributed by atoms with Crippen molar-refractivity contribution < 1.29 is 9.32 Å². The minimum Gasteiger partial charge on any atom is -0.342 e. The molecule has 1 amide bonds. The van der Waals surface area contributed by atoms with Crippen LogP contribution in [0.1, 0.15) is 57.2 Å². The fraction of sp³-hybridized carbons (Fsp3) is 0.800. The first-order chi connectivity index (χ1) is 10.1. The van der Waals surface area contributed by atoms with Crippen molar-refractivity contribution >= 4 is 18.3 Å². The Morgan fingerprint density at radius 2 is 1.95 bits per heavy atom. The van der Waals surface area contributed by atoms with Gasteiger partial charge in [-0.2, -0.15) is 4.98 Å². The summed E-state index contributed by atoms with van der Waals surface area (Å²) in [5.41, 5.74) is 5.48. The van der Waals surface area contributed by atoms with E-state index in [2.05, 4.69) is 10.1 Å². The lowest BCUT2D eigenvalue weighted by Gasteiger charge is -2.38. The zero-order valence-corrected chi connectivity index (χ0v) is 14.5. The Bertz CT molecular complexity index is 471. The molecule has 2 heterocycles. The molecule has 126 valence electrons. The summed E-state index contributed by atoms with van der Waals surface area (Å²) in [6.07, 6.45) is 3.34. The molecule has 22 heavy (non-hydrogen) atoms. The summed E-state index contributed by atoms with van der Waals surface area (Å²) in [7, 11) is 0. The highest BCUT2D eigenvalue weighted by Gasteiger charge is 2.38. The monoisotopic (exact) mass is 330 g/mol. The molecule has 2 rings (SSSR count). The van der Waals surface area contributed by atoms with Crippen LogP contribution in [0.2, 0.25) is 0 Å². The first-order valence-corrected chi connectivity index (χ1v) is 7.86. The van der Waals surface area contributed by atoms with Gasteiger partial charge in [0, 0.05) is 25.6 Å². The summed E-state index contributed by atoms with van der Waals surface area (Å²) >= 11 is 0. The number of amides is 1. The van der Waals surface area contributed by atoms with Gasteiger partial charge in [0.2, 0.25) is 11.8 Å². The van der Waals surface area contributed by atoms with E-state index in [4.69, 9.17) is 10.3 Å². The van der Waals surface area contributed by atoms with Gasteiger partial charge in [-0.15, -0.1) is 12.4 Å². The van der Waals surface area contributed by atoms with Crippen LogP contribution in [0.25, 0.3) is 0 Å². The number of carbonyl (C=O) groups is 1. The van der Waals surface area contributed by atoms with Crippen LogP contribution in [-0.2, 0) is 4.79 Å². The lowest BCUT2D eigenvalue weighted by molar-refractivity contribution is -0.143. The van der Waals surface area contributed by atoms with E-state index in [0.29, 0.717) is 18.3 Å². The quantitative estimate of drug-likeness (QED) is 0.895. The molecule has 1 saturated heterocycles. The Balaban J connectivity index is 0.00000242.